The highest BCUT2D eigenvalue weighted by Crippen LogP contribution is 2.28. The fraction of sp³-hybridized carbons (Fsp3) is 0.731. The maximum atomic E-state index is 13.1. The van der Waals surface area contributed by atoms with Gasteiger partial charge in [0.1, 0.15) is 11.9 Å². The summed E-state index contributed by atoms with van der Waals surface area (Å²) in [5, 5.41) is 15.3. The third-order valence-electron chi connectivity index (χ3n) is 6.44. The molecule has 1 aromatic heterocycles. The first-order valence-corrected chi connectivity index (χ1v) is 13.0. The molecular weight excluding hydrogens is 470 g/mol. The Balaban J connectivity index is 1.84. The minimum atomic E-state index is -2.67. The molecule has 0 saturated carbocycles. The number of halogens is 2. The van der Waals surface area contributed by atoms with Gasteiger partial charge in [0.2, 0.25) is 12.3 Å². The Kier molecular flexibility index (Phi) is 12.5. The molecule has 204 valence electrons. The number of amides is 1. The van der Waals surface area contributed by atoms with E-state index < -0.39 is 36.2 Å². The Morgan fingerprint density at radius 1 is 1.25 bits per heavy atom. The summed E-state index contributed by atoms with van der Waals surface area (Å²) >= 11 is 0. The molecule has 3 N–H and O–H groups in total. The smallest absolute Gasteiger partial charge is 0.326 e. The van der Waals surface area contributed by atoms with Crippen LogP contribution >= 0.6 is 0 Å². The van der Waals surface area contributed by atoms with Crippen molar-refractivity contribution in [3.05, 3.63) is 23.4 Å². The number of anilines is 1. The Morgan fingerprint density at radius 3 is 2.72 bits per heavy atom. The third kappa shape index (κ3) is 10.3. The maximum Gasteiger partial charge on any atom is 0.326 e. The van der Waals surface area contributed by atoms with Crippen LogP contribution in [0.15, 0.2) is 12.1 Å². The molecule has 1 aliphatic heterocycles. The SMILES string of the molecule is CCOCCN(CCCCc1ccc2c(n1)NCCC2)CCC(NC(=O)CC(C)(C)C(F)F)C(=O)O. The summed E-state index contributed by atoms with van der Waals surface area (Å²) in [6, 6.07) is 3.11. The molecule has 10 heteroatoms. The highest BCUT2D eigenvalue weighted by Gasteiger charge is 2.33. The number of alkyl halides is 2. The van der Waals surface area contributed by atoms with E-state index >= 15 is 0 Å². The summed E-state index contributed by atoms with van der Waals surface area (Å²) < 4.78 is 31.6. The minimum Gasteiger partial charge on any atom is -0.480 e. The molecule has 0 radical (unpaired) electrons. The van der Waals surface area contributed by atoms with E-state index in [4.69, 9.17) is 9.72 Å². The van der Waals surface area contributed by atoms with Gasteiger partial charge in [-0.1, -0.05) is 19.9 Å². The van der Waals surface area contributed by atoms with Crippen LogP contribution in [0.3, 0.4) is 0 Å². The number of pyridine rings is 1. The van der Waals surface area contributed by atoms with Crippen LogP contribution in [-0.2, 0) is 27.2 Å². The lowest BCUT2D eigenvalue weighted by Gasteiger charge is -2.26. The van der Waals surface area contributed by atoms with Crippen LogP contribution in [0.2, 0.25) is 0 Å². The predicted octanol–water partition coefficient (Wildman–Crippen LogP) is 3.74. The number of ether oxygens (including phenoxy) is 1. The monoisotopic (exact) mass is 512 g/mol. The number of carbonyl (C=O) groups excluding carboxylic acids is 1. The van der Waals surface area contributed by atoms with Crippen molar-refractivity contribution in [2.75, 3.05) is 44.7 Å². The van der Waals surface area contributed by atoms with Crippen molar-refractivity contribution in [1.29, 1.82) is 0 Å². The zero-order chi connectivity index (χ0) is 26.6. The number of unbranched alkanes of at least 4 members (excludes halogenated alkanes) is 1. The fourth-order valence-corrected chi connectivity index (χ4v) is 4.13. The van der Waals surface area contributed by atoms with E-state index in [1.54, 1.807) is 0 Å². The Labute approximate surface area is 213 Å². The summed E-state index contributed by atoms with van der Waals surface area (Å²) in [6.45, 7) is 8.44. The van der Waals surface area contributed by atoms with Crippen LogP contribution in [0.4, 0.5) is 14.6 Å². The number of hydrogen-bond donors (Lipinski definition) is 3. The maximum absolute atomic E-state index is 13.1. The molecule has 36 heavy (non-hydrogen) atoms. The number of carbonyl (C=O) groups is 2. The van der Waals surface area contributed by atoms with Crippen molar-refractivity contribution in [1.82, 2.24) is 15.2 Å². The molecule has 2 heterocycles. The minimum absolute atomic E-state index is 0.181. The summed E-state index contributed by atoms with van der Waals surface area (Å²) in [5.74, 6) is -0.855. The molecular formula is C26H42F2N4O4. The van der Waals surface area contributed by atoms with Gasteiger partial charge < -0.3 is 25.4 Å². The number of carboxylic acids is 1. The van der Waals surface area contributed by atoms with E-state index in [-0.39, 0.29) is 6.42 Å². The number of fused-ring (bicyclic) bond motifs is 1. The average Bonchev–Trinajstić information content (AvgIpc) is 2.83. The normalized spacial score (nSPS) is 14.4. The van der Waals surface area contributed by atoms with Crippen molar-refractivity contribution in [2.45, 2.75) is 78.2 Å². The molecule has 1 unspecified atom stereocenters. The molecule has 0 fully saturated rings. The van der Waals surface area contributed by atoms with Crippen LogP contribution in [0.25, 0.3) is 0 Å². The number of rotatable bonds is 17. The Hall–Kier alpha value is -2.33. The van der Waals surface area contributed by atoms with Gasteiger partial charge in [-0.15, -0.1) is 0 Å². The first-order valence-electron chi connectivity index (χ1n) is 13.0. The molecule has 0 aliphatic carbocycles. The van der Waals surface area contributed by atoms with E-state index in [1.807, 2.05) is 6.92 Å². The average molecular weight is 513 g/mol. The van der Waals surface area contributed by atoms with Gasteiger partial charge in [-0.3, -0.25) is 4.79 Å². The molecule has 8 nitrogen and oxygen atoms in total. The molecule has 1 atom stereocenters. The van der Waals surface area contributed by atoms with Gasteiger partial charge in [-0.25, -0.2) is 18.6 Å². The van der Waals surface area contributed by atoms with Crippen LogP contribution in [-0.4, -0.2) is 78.7 Å². The molecule has 1 aromatic rings. The van der Waals surface area contributed by atoms with Crippen LogP contribution in [0.5, 0.6) is 0 Å². The number of nitrogens with zero attached hydrogens (tertiary/aromatic N) is 2. The highest BCUT2D eigenvalue weighted by atomic mass is 19.3. The van der Waals surface area contributed by atoms with E-state index in [9.17, 15) is 23.5 Å². The molecule has 0 bridgehead atoms. The lowest BCUT2D eigenvalue weighted by Crippen LogP contribution is -2.45. The first-order chi connectivity index (χ1) is 17.1. The molecule has 1 aliphatic rings. The van der Waals surface area contributed by atoms with Crippen molar-refractivity contribution in [3.8, 4) is 0 Å². The number of aromatic nitrogens is 1. The fourth-order valence-electron chi connectivity index (χ4n) is 4.13. The quantitative estimate of drug-likeness (QED) is 0.273. The van der Waals surface area contributed by atoms with Gasteiger partial charge in [0, 0.05) is 43.8 Å². The van der Waals surface area contributed by atoms with Gasteiger partial charge in [0.05, 0.1) is 6.61 Å². The number of nitrogens with one attached hydrogen (secondary N) is 2. The molecule has 1 amide bonds. The summed E-state index contributed by atoms with van der Waals surface area (Å²) in [5.41, 5.74) is 0.814. The number of carboxylic acid groups (broad SMARTS) is 1. The van der Waals surface area contributed by atoms with Crippen LogP contribution in [0.1, 0.15) is 64.1 Å². The lowest BCUT2D eigenvalue weighted by molar-refractivity contribution is -0.142. The lowest BCUT2D eigenvalue weighted by atomic mass is 9.89. The second-order valence-electron chi connectivity index (χ2n) is 10.0. The van der Waals surface area contributed by atoms with E-state index in [1.165, 1.54) is 19.4 Å². The molecule has 0 saturated heterocycles. The van der Waals surface area contributed by atoms with Gasteiger partial charge in [-0.2, -0.15) is 0 Å². The van der Waals surface area contributed by atoms with Crippen molar-refractivity contribution >= 4 is 17.7 Å². The third-order valence-corrected chi connectivity index (χ3v) is 6.44. The van der Waals surface area contributed by atoms with Gasteiger partial charge in [0.15, 0.2) is 0 Å². The molecule has 2 rings (SSSR count). The summed E-state index contributed by atoms with van der Waals surface area (Å²) in [7, 11) is 0. The van der Waals surface area contributed by atoms with Gasteiger partial charge in [0.25, 0.3) is 0 Å². The predicted molar refractivity (Wildman–Crippen MR) is 136 cm³/mol. The van der Waals surface area contributed by atoms with E-state index in [0.29, 0.717) is 26.3 Å². The van der Waals surface area contributed by atoms with Crippen molar-refractivity contribution in [2.24, 2.45) is 5.41 Å². The standard InChI is InChI=1S/C26H42F2N4O4/c1-4-36-17-16-32(14-6-5-9-20-11-10-19-8-7-13-29-23(19)30-20)15-12-21(24(34)35)31-22(33)18-26(2,3)25(27)28/h10-11,21,25H,4-9,12-18H2,1-3H3,(H,29,30)(H,31,33)(H,34,35). The summed E-state index contributed by atoms with van der Waals surface area (Å²) in [6.07, 6.45) is 1.98. The van der Waals surface area contributed by atoms with E-state index in [0.717, 1.165) is 56.7 Å². The number of aryl methyl sites for hydroxylation is 2. The highest BCUT2D eigenvalue weighted by molar-refractivity contribution is 5.83. The Morgan fingerprint density at radius 2 is 2.03 bits per heavy atom. The second kappa shape index (κ2) is 15.0. The van der Waals surface area contributed by atoms with Crippen LogP contribution < -0.4 is 10.6 Å². The zero-order valence-electron chi connectivity index (χ0n) is 21.8. The zero-order valence-corrected chi connectivity index (χ0v) is 21.8. The second-order valence-corrected chi connectivity index (χ2v) is 10.0. The van der Waals surface area contributed by atoms with Crippen molar-refractivity contribution in [3.63, 3.8) is 0 Å². The topological polar surface area (TPSA) is 104 Å². The van der Waals surface area contributed by atoms with Crippen molar-refractivity contribution < 1.29 is 28.2 Å². The number of hydrogen-bond acceptors (Lipinski definition) is 6. The largest absolute Gasteiger partial charge is 0.480 e. The Bertz CT molecular complexity index is 838. The van der Waals surface area contributed by atoms with Gasteiger partial charge in [-0.05, 0) is 63.6 Å². The molecule has 0 aromatic carbocycles. The van der Waals surface area contributed by atoms with Crippen LogP contribution in [0, 0.1) is 5.41 Å². The molecule has 0 spiro atoms. The number of aliphatic carboxylic acids is 1. The van der Waals surface area contributed by atoms with E-state index in [2.05, 4.69) is 27.7 Å². The summed E-state index contributed by atoms with van der Waals surface area (Å²) in [4.78, 5) is 30.8. The van der Waals surface area contributed by atoms with Gasteiger partial charge >= 0.3 is 5.97 Å². The first kappa shape index (κ1) is 29.9.